The highest BCUT2D eigenvalue weighted by Crippen LogP contribution is 2.27. The van der Waals surface area contributed by atoms with Crippen LogP contribution in [0, 0.1) is 5.92 Å². The second-order valence-corrected chi connectivity index (χ2v) is 4.74. The number of ether oxygens (including phenoxy) is 1. The topological polar surface area (TPSA) is 64.3 Å². The molecular formula is C11H17ClN4O. The quantitative estimate of drug-likeness (QED) is 0.814. The Bertz CT molecular complexity index is 401. The van der Waals surface area contributed by atoms with E-state index in [1.807, 2.05) is 0 Å². The average molecular weight is 257 g/mol. The van der Waals surface area contributed by atoms with Crippen LogP contribution in [0.2, 0.25) is 5.28 Å². The molecule has 0 bridgehead atoms. The molecule has 5 nitrogen and oxygen atoms in total. The Kier molecular flexibility index (Phi) is 3.69. The van der Waals surface area contributed by atoms with E-state index in [0.717, 1.165) is 19.5 Å². The van der Waals surface area contributed by atoms with Crippen LogP contribution >= 0.6 is 11.6 Å². The minimum atomic E-state index is 0.205. The first-order valence-corrected chi connectivity index (χ1v) is 6.05. The maximum absolute atomic E-state index is 5.88. The lowest BCUT2D eigenvalue weighted by Crippen LogP contribution is -2.44. The number of aromatic nitrogens is 2. The smallest absolute Gasteiger partial charge is 0.224 e. The summed E-state index contributed by atoms with van der Waals surface area (Å²) in [5.74, 6) is 1.26. The first-order chi connectivity index (χ1) is 8.11. The molecule has 2 rings (SSSR count). The molecule has 0 amide bonds. The van der Waals surface area contributed by atoms with E-state index in [1.165, 1.54) is 0 Å². The molecule has 1 aliphatic heterocycles. The van der Waals surface area contributed by atoms with E-state index in [-0.39, 0.29) is 11.4 Å². The van der Waals surface area contributed by atoms with Gasteiger partial charge in [-0.15, -0.1) is 0 Å². The third kappa shape index (κ3) is 2.61. The zero-order chi connectivity index (χ0) is 12.4. The summed E-state index contributed by atoms with van der Waals surface area (Å²) < 4.78 is 5.47. The summed E-state index contributed by atoms with van der Waals surface area (Å²) in [4.78, 5) is 10.2. The van der Waals surface area contributed by atoms with Crippen LogP contribution in [0.4, 0.5) is 11.5 Å². The van der Waals surface area contributed by atoms with Crippen molar-refractivity contribution in [2.75, 3.05) is 30.8 Å². The van der Waals surface area contributed by atoms with Gasteiger partial charge in [0.1, 0.15) is 0 Å². The van der Waals surface area contributed by atoms with E-state index in [0.29, 0.717) is 17.4 Å². The third-order valence-corrected chi connectivity index (χ3v) is 3.44. The number of halogens is 1. The number of methoxy groups -OCH3 is 1. The molecule has 1 aliphatic rings. The summed E-state index contributed by atoms with van der Waals surface area (Å²) in [6.07, 6.45) is 2.81. The van der Waals surface area contributed by atoms with Crippen molar-refractivity contribution >= 4 is 23.1 Å². The van der Waals surface area contributed by atoms with Gasteiger partial charge in [0.15, 0.2) is 5.82 Å². The van der Waals surface area contributed by atoms with Gasteiger partial charge >= 0.3 is 0 Å². The van der Waals surface area contributed by atoms with Crippen LogP contribution in [0.1, 0.15) is 13.3 Å². The summed E-state index contributed by atoms with van der Waals surface area (Å²) in [5.41, 5.74) is 6.43. The lowest BCUT2D eigenvalue weighted by atomic mass is 9.96. The molecule has 1 aromatic heterocycles. The largest absolute Gasteiger partial charge is 0.394 e. The Hall–Kier alpha value is -1.07. The molecule has 0 aromatic carbocycles. The van der Waals surface area contributed by atoms with Crippen LogP contribution in [0.5, 0.6) is 0 Å². The van der Waals surface area contributed by atoms with Crippen molar-refractivity contribution in [2.45, 2.75) is 19.4 Å². The van der Waals surface area contributed by atoms with Gasteiger partial charge in [-0.2, -0.15) is 4.98 Å². The van der Waals surface area contributed by atoms with Crippen LogP contribution in [-0.4, -0.2) is 36.3 Å². The minimum absolute atomic E-state index is 0.205. The van der Waals surface area contributed by atoms with Gasteiger partial charge in [-0.3, -0.25) is 0 Å². The molecule has 2 atom stereocenters. The summed E-state index contributed by atoms with van der Waals surface area (Å²) in [5, 5.41) is 0.224. The van der Waals surface area contributed by atoms with E-state index < -0.39 is 0 Å². The number of rotatable bonds is 2. The number of nitrogens with zero attached hydrogens (tertiary/aromatic N) is 3. The molecule has 2 heterocycles. The number of hydrogen-bond acceptors (Lipinski definition) is 5. The third-order valence-electron chi connectivity index (χ3n) is 3.26. The highest BCUT2D eigenvalue weighted by atomic mass is 35.5. The molecule has 94 valence electrons. The number of piperidine rings is 1. The van der Waals surface area contributed by atoms with E-state index in [9.17, 15) is 0 Å². The zero-order valence-electron chi connectivity index (χ0n) is 10.1. The molecule has 0 radical (unpaired) electrons. The monoisotopic (exact) mass is 256 g/mol. The van der Waals surface area contributed by atoms with Gasteiger partial charge in [0.2, 0.25) is 5.28 Å². The van der Waals surface area contributed by atoms with Crippen molar-refractivity contribution in [3.63, 3.8) is 0 Å². The molecule has 1 fully saturated rings. The van der Waals surface area contributed by atoms with Crippen LogP contribution in [0.15, 0.2) is 6.20 Å². The Morgan fingerprint density at radius 3 is 3.06 bits per heavy atom. The predicted molar refractivity (Wildman–Crippen MR) is 68.2 cm³/mol. The van der Waals surface area contributed by atoms with E-state index in [1.54, 1.807) is 13.3 Å². The van der Waals surface area contributed by atoms with Crippen LogP contribution in [0.25, 0.3) is 0 Å². The summed E-state index contributed by atoms with van der Waals surface area (Å²) in [6.45, 7) is 3.90. The van der Waals surface area contributed by atoms with Crippen molar-refractivity contribution in [3.05, 3.63) is 11.5 Å². The normalized spacial score (nSPS) is 25.0. The molecule has 1 aromatic rings. The SMILES string of the molecule is COC1CN(c2nc(Cl)ncc2N)CCC1C. The summed E-state index contributed by atoms with van der Waals surface area (Å²) >= 11 is 5.80. The van der Waals surface area contributed by atoms with Gasteiger partial charge in [-0.25, -0.2) is 4.98 Å². The number of hydrogen-bond donors (Lipinski definition) is 1. The highest BCUT2D eigenvalue weighted by Gasteiger charge is 2.27. The minimum Gasteiger partial charge on any atom is -0.394 e. The van der Waals surface area contributed by atoms with Crippen LogP contribution < -0.4 is 10.6 Å². The molecule has 0 spiro atoms. The fourth-order valence-corrected chi connectivity index (χ4v) is 2.28. The van der Waals surface area contributed by atoms with Crippen molar-refractivity contribution < 1.29 is 4.74 Å². The summed E-state index contributed by atoms with van der Waals surface area (Å²) in [7, 11) is 1.74. The Labute approximate surface area is 106 Å². The molecule has 2 unspecified atom stereocenters. The maximum atomic E-state index is 5.88. The number of nitrogens with two attached hydrogens (primary N) is 1. The lowest BCUT2D eigenvalue weighted by Gasteiger charge is -2.37. The van der Waals surface area contributed by atoms with Gasteiger partial charge in [0.05, 0.1) is 18.0 Å². The predicted octanol–water partition coefficient (Wildman–Crippen LogP) is 1.57. The first-order valence-electron chi connectivity index (χ1n) is 5.67. The molecule has 6 heteroatoms. The van der Waals surface area contributed by atoms with E-state index in [2.05, 4.69) is 21.8 Å². The molecule has 0 aliphatic carbocycles. The second-order valence-electron chi connectivity index (χ2n) is 4.40. The second kappa shape index (κ2) is 5.06. The molecule has 17 heavy (non-hydrogen) atoms. The Balaban J connectivity index is 2.20. The van der Waals surface area contributed by atoms with Crippen molar-refractivity contribution in [3.8, 4) is 0 Å². The molecule has 2 N–H and O–H groups in total. The maximum Gasteiger partial charge on any atom is 0.224 e. The molecule has 0 saturated carbocycles. The Morgan fingerprint density at radius 2 is 2.35 bits per heavy atom. The lowest BCUT2D eigenvalue weighted by molar-refractivity contribution is 0.0497. The standard InChI is InChI=1S/C11H17ClN4O/c1-7-3-4-16(6-9(7)17-2)10-8(13)5-14-11(12)15-10/h5,7,9H,3-4,6,13H2,1-2H3. The van der Waals surface area contributed by atoms with Gasteiger partial charge < -0.3 is 15.4 Å². The van der Waals surface area contributed by atoms with Crippen LogP contribution in [0.3, 0.4) is 0 Å². The van der Waals surface area contributed by atoms with Gasteiger partial charge in [0.25, 0.3) is 0 Å². The summed E-state index contributed by atoms with van der Waals surface area (Å²) in [6, 6.07) is 0. The van der Waals surface area contributed by atoms with Gasteiger partial charge in [0, 0.05) is 20.2 Å². The fourth-order valence-electron chi connectivity index (χ4n) is 2.15. The van der Waals surface area contributed by atoms with Crippen molar-refractivity contribution in [1.29, 1.82) is 0 Å². The van der Waals surface area contributed by atoms with Crippen molar-refractivity contribution in [2.24, 2.45) is 5.92 Å². The highest BCUT2D eigenvalue weighted by molar-refractivity contribution is 6.28. The molecule has 1 saturated heterocycles. The Morgan fingerprint density at radius 1 is 1.59 bits per heavy atom. The first kappa shape index (κ1) is 12.4. The van der Waals surface area contributed by atoms with Gasteiger partial charge in [-0.1, -0.05) is 6.92 Å². The fraction of sp³-hybridized carbons (Fsp3) is 0.636. The molecular weight excluding hydrogens is 240 g/mol. The van der Waals surface area contributed by atoms with Crippen molar-refractivity contribution in [1.82, 2.24) is 9.97 Å². The van der Waals surface area contributed by atoms with E-state index in [4.69, 9.17) is 22.1 Å². The number of anilines is 2. The average Bonchev–Trinajstić information content (AvgIpc) is 2.33. The van der Waals surface area contributed by atoms with E-state index >= 15 is 0 Å². The van der Waals surface area contributed by atoms with Crippen LogP contribution in [-0.2, 0) is 4.74 Å². The zero-order valence-corrected chi connectivity index (χ0v) is 10.8. The number of nitrogen functional groups attached to an aromatic ring is 1. The van der Waals surface area contributed by atoms with Gasteiger partial charge in [-0.05, 0) is 23.9 Å².